The van der Waals surface area contributed by atoms with E-state index >= 15 is 0 Å². The maximum Gasteiger partial charge on any atom is 0.227 e. The van der Waals surface area contributed by atoms with Crippen LogP contribution in [0, 0.1) is 6.92 Å². The Hall–Kier alpha value is -3.02. The Bertz CT molecular complexity index is 1330. The lowest BCUT2D eigenvalue weighted by Gasteiger charge is -2.17. The van der Waals surface area contributed by atoms with Gasteiger partial charge in [-0.3, -0.25) is 4.79 Å². The largest absolute Gasteiger partial charge is 0.494 e. The highest BCUT2D eigenvalue weighted by Crippen LogP contribution is 2.33. The molecule has 5 rings (SSSR count). The number of para-hydroxylation sites is 2. The molecule has 3 aromatic carbocycles. The summed E-state index contributed by atoms with van der Waals surface area (Å²) in [7, 11) is 0. The van der Waals surface area contributed by atoms with Crippen molar-refractivity contribution in [2.45, 2.75) is 32.2 Å². The number of aromatic nitrogens is 2. The zero-order chi connectivity index (χ0) is 23.7. The number of ether oxygens (including phenoxy) is 1. The van der Waals surface area contributed by atoms with Gasteiger partial charge in [-0.05, 0) is 73.5 Å². The molecule has 174 valence electrons. The summed E-state index contributed by atoms with van der Waals surface area (Å²) in [4.78, 5) is 19.6. The van der Waals surface area contributed by atoms with Crippen LogP contribution in [0.1, 0.15) is 30.1 Å². The molecule has 1 saturated heterocycles. The van der Waals surface area contributed by atoms with Crippen molar-refractivity contribution in [2.75, 3.05) is 18.1 Å². The van der Waals surface area contributed by atoms with Crippen molar-refractivity contribution in [3.05, 3.63) is 88.2 Å². The average molecular weight is 494 g/mol. The monoisotopic (exact) mass is 493 g/mol. The minimum absolute atomic E-state index is 0.0235. The molecule has 34 heavy (non-hydrogen) atoms. The summed E-state index contributed by atoms with van der Waals surface area (Å²) in [6, 6.07) is 21.2. The quantitative estimate of drug-likeness (QED) is 0.271. The Morgan fingerprint density at radius 2 is 1.85 bits per heavy atom. The number of halogens is 2. The third kappa shape index (κ3) is 4.63. The Morgan fingerprint density at radius 1 is 1.06 bits per heavy atom. The first-order valence-corrected chi connectivity index (χ1v) is 12.2. The molecule has 1 aliphatic rings. The number of hydrogen-bond donors (Lipinski definition) is 0. The number of carbonyl (C=O) groups is 1. The molecule has 1 unspecified atom stereocenters. The standard InChI is InChI=1S/C27H25Cl2N3O2/c1-18-15-22(11-12-23(18)29)34-14-4-13-31-25-6-3-2-5-24(25)30-27(31)19-16-26(33)32(17-19)21-9-7-20(28)8-10-21/h2-3,5-12,15,19H,4,13-14,16-17H2,1H3. The van der Waals surface area contributed by atoms with Crippen molar-refractivity contribution in [2.24, 2.45) is 0 Å². The van der Waals surface area contributed by atoms with Gasteiger partial charge in [-0.1, -0.05) is 35.3 Å². The lowest BCUT2D eigenvalue weighted by molar-refractivity contribution is -0.117. The molecule has 2 heterocycles. The summed E-state index contributed by atoms with van der Waals surface area (Å²) < 4.78 is 8.20. The van der Waals surface area contributed by atoms with Gasteiger partial charge in [0.15, 0.2) is 0 Å². The van der Waals surface area contributed by atoms with Gasteiger partial charge in [-0.25, -0.2) is 4.98 Å². The van der Waals surface area contributed by atoms with Crippen molar-refractivity contribution >= 4 is 45.8 Å². The molecular weight excluding hydrogens is 469 g/mol. The van der Waals surface area contributed by atoms with Crippen LogP contribution in [0.4, 0.5) is 5.69 Å². The van der Waals surface area contributed by atoms with Crippen LogP contribution in [0.5, 0.6) is 5.75 Å². The fourth-order valence-electron chi connectivity index (χ4n) is 4.51. The van der Waals surface area contributed by atoms with Crippen LogP contribution in [0.2, 0.25) is 10.0 Å². The minimum atomic E-state index is 0.0235. The predicted molar refractivity (Wildman–Crippen MR) is 137 cm³/mol. The zero-order valence-corrected chi connectivity index (χ0v) is 20.4. The van der Waals surface area contributed by atoms with Crippen LogP contribution >= 0.6 is 23.2 Å². The van der Waals surface area contributed by atoms with Gasteiger partial charge >= 0.3 is 0 Å². The molecule has 1 fully saturated rings. The molecule has 4 aromatic rings. The van der Waals surface area contributed by atoms with Gasteiger partial charge in [0.1, 0.15) is 11.6 Å². The number of amides is 1. The number of aryl methyl sites for hydroxylation is 2. The number of carbonyl (C=O) groups excluding carboxylic acids is 1. The van der Waals surface area contributed by atoms with Gasteiger partial charge in [-0.15, -0.1) is 0 Å². The Labute approximate surface area is 208 Å². The molecule has 1 aromatic heterocycles. The Morgan fingerprint density at radius 3 is 2.65 bits per heavy atom. The summed E-state index contributed by atoms with van der Waals surface area (Å²) in [5.41, 5.74) is 3.89. The van der Waals surface area contributed by atoms with E-state index in [0.29, 0.717) is 24.6 Å². The fourth-order valence-corrected chi connectivity index (χ4v) is 4.76. The molecule has 1 amide bonds. The van der Waals surface area contributed by atoms with Gasteiger partial charge in [0.05, 0.1) is 17.6 Å². The van der Waals surface area contributed by atoms with Crippen LogP contribution in [-0.4, -0.2) is 28.6 Å². The van der Waals surface area contributed by atoms with E-state index in [0.717, 1.165) is 51.8 Å². The molecule has 0 spiro atoms. The van der Waals surface area contributed by atoms with Gasteiger partial charge in [-0.2, -0.15) is 0 Å². The normalized spacial score (nSPS) is 15.9. The van der Waals surface area contributed by atoms with Crippen molar-refractivity contribution in [1.29, 1.82) is 0 Å². The van der Waals surface area contributed by atoms with Crippen LogP contribution in [0.3, 0.4) is 0 Å². The third-order valence-corrected chi connectivity index (χ3v) is 6.91. The molecule has 0 radical (unpaired) electrons. The molecule has 7 heteroatoms. The van der Waals surface area contributed by atoms with E-state index in [1.54, 1.807) is 0 Å². The minimum Gasteiger partial charge on any atom is -0.494 e. The Kier molecular flexibility index (Phi) is 6.48. The maximum atomic E-state index is 12.9. The van der Waals surface area contributed by atoms with E-state index in [2.05, 4.69) is 10.6 Å². The Balaban J connectivity index is 1.33. The molecule has 0 saturated carbocycles. The van der Waals surface area contributed by atoms with Gasteiger partial charge in [0.25, 0.3) is 0 Å². The summed E-state index contributed by atoms with van der Waals surface area (Å²) in [6.07, 6.45) is 1.25. The molecule has 1 atom stereocenters. The second-order valence-electron chi connectivity index (χ2n) is 8.61. The highest BCUT2D eigenvalue weighted by Gasteiger charge is 2.34. The predicted octanol–water partition coefficient (Wildman–Crippen LogP) is 6.64. The highest BCUT2D eigenvalue weighted by molar-refractivity contribution is 6.31. The number of fused-ring (bicyclic) bond motifs is 1. The number of anilines is 1. The van der Waals surface area contributed by atoms with Gasteiger partial charge < -0.3 is 14.2 Å². The van der Waals surface area contributed by atoms with E-state index in [9.17, 15) is 4.79 Å². The average Bonchev–Trinajstić information content (AvgIpc) is 3.40. The van der Waals surface area contributed by atoms with Crippen molar-refractivity contribution in [3.63, 3.8) is 0 Å². The van der Waals surface area contributed by atoms with E-state index in [1.807, 2.05) is 72.5 Å². The number of rotatable bonds is 7. The van der Waals surface area contributed by atoms with Crippen LogP contribution < -0.4 is 9.64 Å². The second-order valence-corrected chi connectivity index (χ2v) is 9.45. The first-order chi connectivity index (χ1) is 16.5. The lowest BCUT2D eigenvalue weighted by atomic mass is 10.1. The smallest absolute Gasteiger partial charge is 0.227 e. The first kappa shape index (κ1) is 22.8. The third-order valence-electron chi connectivity index (χ3n) is 6.24. The summed E-state index contributed by atoms with van der Waals surface area (Å²) in [5, 5.41) is 1.39. The SMILES string of the molecule is Cc1cc(OCCCn2c(C3CC(=O)N(c4ccc(Cl)cc4)C3)nc3ccccc32)ccc1Cl. The highest BCUT2D eigenvalue weighted by atomic mass is 35.5. The van der Waals surface area contributed by atoms with Crippen LogP contribution in [0.25, 0.3) is 11.0 Å². The zero-order valence-electron chi connectivity index (χ0n) is 18.9. The number of benzene rings is 3. The maximum absolute atomic E-state index is 12.9. The summed E-state index contributed by atoms with van der Waals surface area (Å²) in [6.45, 7) is 3.90. The first-order valence-electron chi connectivity index (χ1n) is 11.4. The van der Waals surface area contributed by atoms with Crippen molar-refractivity contribution in [1.82, 2.24) is 9.55 Å². The van der Waals surface area contributed by atoms with Crippen molar-refractivity contribution < 1.29 is 9.53 Å². The molecule has 0 N–H and O–H groups in total. The van der Waals surface area contributed by atoms with Crippen LogP contribution in [-0.2, 0) is 11.3 Å². The molecule has 5 nitrogen and oxygen atoms in total. The van der Waals surface area contributed by atoms with E-state index in [4.69, 9.17) is 32.9 Å². The topological polar surface area (TPSA) is 47.4 Å². The van der Waals surface area contributed by atoms with Crippen LogP contribution in [0.15, 0.2) is 66.7 Å². The molecular formula is C27H25Cl2N3O2. The van der Waals surface area contributed by atoms with E-state index in [1.165, 1.54) is 0 Å². The lowest BCUT2D eigenvalue weighted by Crippen LogP contribution is -2.24. The summed E-state index contributed by atoms with van der Waals surface area (Å²) in [5.74, 6) is 1.90. The molecule has 1 aliphatic heterocycles. The fraction of sp³-hybridized carbons (Fsp3) is 0.259. The number of hydrogen-bond acceptors (Lipinski definition) is 3. The summed E-state index contributed by atoms with van der Waals surface area (Å²) >= 11 is 12.1. The molecule has 0 aliphatic carbocycles. The molecule has 0 bridgehead atoms. The van der Waals surface area contributed by atoms with Gasteiger partial charge in [0.2, 0.25) is 5.91 Å². The van der Waals surface area contributed by atoms with Crippen molar-refractivity contribution in [3.8, 4) is 5.75 Å². The van der Waals surface area contributed by atoms with Gasteiger partial charge in [0, 0.05) is 41.2 Å². The van der Waals surface area contributed by atoms with E-state index < -0.39 is 0 Å². The number of nitrogens with zero attached hydrogens (tertiary/aromatic N) is 3. The second kappa shape index (κ2) is 9.69. The van der Waals surface area contributed by atoms with E-state index in [-0.39, 0.29) is 11.8 Å². The number of imidazole rings is 1.